The molecule has 0 fully saturated rings. The van der Waals surface area contributed by atoms with Gasteiger partial charge in [-0.2, -0.15) is 0 Å². The minimum atomic E-state index is -1.06. The van der Waals surface area contributed by atoms with E-state index in [0.29, 0.717) is 29.7 Å². The molecular weight excluding hydrogens is 395 g/mol. The first-order chi connectivity index (χ1) is 14.0. The van der Waals surface area contributed by atoms with Crippen molar-refractivity contribution in [2.24, 2.45) is 0 Å². The predicted molar refractivity (Wildman–Crippen MR) is 123 cm³/mol. The number of halogens is 1. The molecule has 0 spiro atoms. The molecule has 0 radical (unpaired) electrons. The maximum absolute atomic E-state index is 14.8. The highest BCUT2D eigenvalue weighted by Gasteiger charge is 2.35. The summed E-state index contributed by atoms with van der Waals surface area (Å²) in [7, 11) is 0.794. The molecular formula is C25H33FO3Si. The number of benzene rings is 2. The van der Waals surface area contributed by atoms with E-state index in [9.17, 15) is 9.50 Å². The zero-order valence-electron chi connectivity index (χ0n) is 18.9. The van der Waals surface area contributed by atoms with Gasteiger partial charge in [0.15, 0.2) is 9.76 Å². The van der Waals surface area contributed by atoms with Crippen molar-refractivity contribution < 1.29 is 18.7 Å². The largest absolute Gasteiger partial charge is 0.497 e. The molecule has 1 aliphatic carbocycles. The Morgan fingerprint density at radius 1 is 0.967 bits per heavy atom. The average Bonchev–Trinajstić information content (AvgIpc) is 3.14. The molecule has 0 unspecified atom stereocenters. The lowest BCUT2D eigenvalue weighted by Crippen LogP contribution is -2.29. The number of hydrogen-bond donors (Lipinski definition) is 1. The Hall–Kier alpha value is -1.95. The highest BCUT2D eigenvalue weighted by Crippen LogP contribution is 2.43. The Kier molecular flexibility index (Phi) is 6.28. The molecule has 2 aromatic rings. The molecule has 0 heterocycles. The van der Waals surface area contributed by atoms with Crippen molar-refractivity contribution in [3.05, 3.63) is 65.5 Å². The number of ether oxygens (including phenoxy) is 1. The Labute approximate surface area is 181 Å². The Bertz CT molecular complexity index is 936. The fraction of sp³-hybridized carbons (Fsp3) is 0.440. The minimum Gasteiger partial charge on any atom is -0.497 e. The van der Waals surface area contributed by atoms with E-state index in [1.54, 1.807) is 19.2 Å². The molecule has 0 aliphatic heterocycles. The monoisotopic (exact) mass is 428 g/mol. The molecule has 0 atom stereocenters. The van der Waals surface area contributed by atoms with Gasteiger partial charge in [-0.3, -0.25) is 0 Å². The van der Waals surface area contributed by atoms with Crippen LogP contribution in [-0.2, 0) is 15.6 Å². The standard InChI is InChI=1S/C25H33FO3Si/c1-23(2,3)30-29-24(4,5)17-9-11-19(20-16-18(28-6)10-12-22(20)26)21(15-17)25(27)13-7-8-14-25/h7-12,15-16,27H,13-14,30H2,1-6H3. The summed E-state index contributed by atoms with van der Waals surface area (Å²) in [4.78, 5) is 0. The van der Waals surface area contributed by atoms with E-state index in [1.807, 2.05) is 30.4 Å². The van der Waals surface area contributed by atoms with E-state index in [2.05, 4.69) is 34.6 Å². The predicted octanol–water partition coefficient (Wildman–Crippen LogP) is 5.59. The fourth-order valence-corrected chi connectivity index (χ4v) is 4.68. The Morgan fingerprint density at radius 3 is 2.23 bits per heavy atom. The van der Waals surface area contributed by atoms with E-state index < -0.39 is 21.0 Å². The van der Waals surface area contributed by atoms with E-state index in [4.69, 9.17) is 9.16 Å². The molecule has 2 aromatic carbocycles. The zero-order valence-corrected chi connectivity index (χ0v) is 20.3. The van der Waals surface area contributed by atoms with Gasteiger partial charge in [0.1, 0.15) is 11.6 Å². The minimum absolute atomic E-state index is 0.178. The normalized spacial score (nSPS) is 16.5. The second-order valence-electron chi connectivity index (χ2n) is 9.88. The molecule has 162 valence electrons. The smallest absolute Gasteiger partial charge is 0.168 e. The molecule has 3 rings (SSSR count). The van der Waals surface area contributed by atoms with Gasteiger partial charge in [-0.05, 0) is 72.7 Å². The van der Waals surface area contributed by atoms with Crippen LogP contribution in [0.4, 0.5) is 4.39 Å². The fourth-order valence-electron chi connectivity index (χ4n) is 3.72. The summed E-state index contributed by atoms with van der Waals surface area (Å²) in [6.07, 6.45) is 4.97. The van der Waals surface area contributed by atoms with Crippen LogP contribution in [0.25, 0.3) is 11.1 Å². The van der Waals surface area contributed by atoms with Crippen molar-refractivity contribution in [1.82, 2.24) is 0 Å². The van der Waals surface area contributed by atoms with Crippen LogP contribution >= 0.6 is 0 Å². The highest BCUT2D eigenvalue weighted by atomic mass is 28.2. The first-order valence-electron chi connectivity index (χ1n) is 10.5. The second-order valence-corrected chi connectivity index (χ2v) is 12.6. The second kappa shape index (κ2) is 8.29. The average molecular weight is 429 g/mol. The zero-order chi connectivity index (χ0) is 22.2. The lowest BCUT2D eigenvalue weighted by atomic mass is 9.82. The van der Waals surface area contributed by atoms with Crippen molar-refractivity contribution in [1.29, 1.82) is 0 Å². The topological polar surface area (TPSA) is 38.7 Å². The van der Waals surface area contributed by atoms with Crippen LogP contribution < -0.4 is 4.74 Å². The van der Waals surface area contributed by atoms with Gasteiger partial charge >= 0.3 is 0 Å². The molecule has 0 aromatic heterocycles. The van der Waals surface area contributed by atoms with Gasteiger partial charge in [0, 0.05) is 5.56 Å². The lowest BCUT2D eigenvalue weighted by Gasteiger charge is -2.33. The SMILES string of the molecule is COc1ccc(F)c(-c2ccc(C(C)(C)O[SiH2]C(C)(C)C)cc2C2(O)CC=CC2)c1. The number of methoxy groups -OCH3 is 1. The van der Waals surface area contributed by atoms with Crippen molar-refractivity contribution in [3.8, 4) is 16.9 Å². The van der Waals surface area contributed by atoms with Gasteiger partial charge in [-0.1, -0.05) is 45.1 Å². The first kappa shape index (κ1) is 22.7. The van der Waals surface area contributed by atoms with Crippen LogP contribution in [0.15, 0.2) is 48.6 Å². The van der Waals surface area contributed by atoms with E-state index in [1.165, 1.54) is 6.07 Å². The summed E-state index contributed by atoms with van der Waals surface area (Å²) in [5.74, 6) is 0.243. The molecule has 0 bridgehead atoms. The maximum atomic E-state index is 14.8. The van der Waals surface area contributed by atoms with Crippen molar-refractivity contribution in [2.45, 2.75) is 63.7 Å². The van der Waals surface area contributed by atoms with Crippen molar-refractivity contribution in [3.63, 3.8) is 0 Å². The first-order valence-corrected chi connectivity index (χ1v) is 11.7. The summed E-state index contributed by atoms with van der Waals surface area (Å²) >= 11 is 0. The van der Waals surface area contributed by atoms with Crippen LogP contribution in [0.5, 0.6) is 5.75 Å². The van der Waals surface area contributed by atoms with Crippen molar-refractivity contribution >= 4 is 9.76 Å². The van der Waals surface area contributed by atoms with Crippen LogP contribution in [0, 0.1) is 5.82 Å². The lowest BCUT2D eigenvalue weighted by molar-refractivity contribution is 0.0507. The molecule has 0 saturated carbocycles. The molecule has 5 heteroatoms. The molecule has 0 saturated heterocycles. The molecule has 3 nitrogen and oxygen atoms in total. The molecule has 0 amide bonds. The van der Waals surface area contributed by atoms with Crippen LogP contribution in [0.2, 0.25) is 5.04 Å². The van der Waals surface area contributed by atoms with E-state index in [0.717, 1.165) is 11.1 Å². The third kappa shape index (κ3) is 4.85. The van der Waals surface area contributed by atoms with Gasteiger partial charge in [0.25, 0.3) is 0 Å². The van der Waals surface area contributed by atoms with Gasteiger partial charge in [-0.15, -0.1) is 0 Å². The third-order valence-corrected chi connectivity index (χ3v) is 7.36. The Morgan fingerprint density at radius 2 is 1.63 bits per heavy atom. The molecule has 30 heavy (non-hydrogen) atoms. The molecule has 1 aliphatic rings. The van der Waals surface area contributed by atoms with Gasteiger partial charge in [0.05, 0.1) is 18.3 Å². The van der Waals surface area contributed by atoms with E-state index >= 15 is 0 Å². The maximum Gasteiger partial charge on any atom is 0.168 e. The highest BCUT2D eigenvalue weighted by molar-refractivity contribution is 6.31. The summed E-state index contributed by atoms with van der Waals surface area (Å²) in [6.45, 7) is 10.7. The summed E-state index contributed by atoms with van der Waals surface area (Å²) in [5, 5.41) is 11.6. The van der Waals surface area contributed by atoms with Crippen LogP contribution in [0.3, 0.4) is 0 Å². The van der Waals surface area contributed by atoms with Gasteiger partial charge in [0.2, 0.25) is 0 Å². The summed E-state index contributed by atoms with van der Waals surface area (Å²) in [6, 6.07) is 10.6. The van der Waals surface area contributed by atoms with Crippen LogP contribution in [0.1, 0.15) is 58.6 Å². The summed E-state index contributed by atoms with van der Waals surface area (Å²) in [5.41, 5.74) is 1.29. The van der Waals surface area contributed by atoms with E-state index in [-0.39, 0.29) is 10.9 Å². The molecule has 1 N–H and O–H groups in total. The number of aliphatic hydroxyl groups is 1. The number of rotatable bonds is 6. The quantitative estimate of drug-likeness (QED) is 0.481. The van der Waals surface area contributed by atoms with Gasteiger partial charge < -0.3 is 14.3 Å². The Balaban J connectivity index is 2.11. The van der Waals surface area contributed by atoms with Crippen molar-refractivity contribution in [2.75, 3.05) is 7.11 Å². The number of hydrogen-bond acceptors (Lipinski definition) is 3. The third-order valence-electron chi connectivity index (χ3n) is 5.62. The summed E-state index contributed by atoms with van der Waals surface area (Å²) < 4.78 is 26.5. The van der Waals surface area contributed by atoms with Crippen LogP contribution in [-0.4, -0.2) is 22.0 Å². The van der Waals surface area contributed by atoms with Gasteiger partial charge in [-0.25, -0.2) is 4.39 Å².